The largest absolute Gasteiger partial charge is 0.391 e. The second-order valence-corrected chi connectivity index (χ2v) is 4.95. The summed E-state index contributed by atoms with van der Waals surface area (Å²) in [6, 6.07) is -0.115. The normalized spacial score (nSPS) is 23.9. The number of aliphatic hydroxyl groups is 1. The minimum absolute atomic E-state index is 0.115. The summed E-state index contributed by atoms with van der Waals surface area (Å²) >= 11 is 0. The quantitative estimate of drug-likeness (QED) is 0.842. The van der Waals surface area contributed by atoms with E-state index >= 15 is 0 Å². The lowest BCUT2D eigenvalue weighted by Crippen LogP contribution is -2.45. The van der Waals surface area contributed by atoms with Crippen LogP contribution in [0, 0.1) is 0 Å². The fourth-order valence-corrected chi connectivity index (χ4v) is 2.51. The monoisotopic (exact) mass is 251 g/mol. The maximum Gasteiger partial charge on any atom is 0.255 e. The molecule has 100 valence electrons. The van der Waals surface area contributed by atoms with E-state index < -0.39 is 6.10 Å². The summed E-state index contributed by atoms with van der Waals surface area (Å²) in [6.07, 6.45) is 5.80. The Hall–Kier alpha value is -1.36. The van der Waals surface area contributed by atoms with Gasteiger partial charge in [0, 0.05) is 13.2 Å². The van der Waals surface area contributed by atoms with Crippen LogP contribution in [-0.4, -0.2) is 32.9 Å². The molecule has 1 aromatic rings. The predicted molar refractivity (Wildman–Crippen MR) is 68.3 cm³/mol. The van der Waals surface area contributed by atoms with Crippen LogP contribution in [0.3, 0.4) is 0 Å². The number of aromatic nitrogens is 2. The molecule has 0 bridgehead atoms. The van der Waals surface area contributed by atoms with Crippen LogP contribution in [0.5, 0.6) is 0 Å². The van der Waals surface area contributed by atoms with Crippen LogP contribution in [0.2, 0.25) is 0 Å². The number of hydrogen-bond donors (Lipinski definition) is 2. The lowest BCUT2D eigenvalue weighted by atomic mass is 9.92. The number of rotatable bonds is 3. The van der Waals surface area contributed by atoms with Crippen LogP contribution in [0.15, 0.2) is 6.20 Å². The fraction of sp³-hybridized carbons (Fsp3) is 0.692. The smallest absolute Gasteiger partial charge is 0.255 e. The zero-order valence-corrected chi connectivity index (χ0v) is 11.0. The van der Waals surface area contributed by atoms with Crippen molar-refractivity contribution in [2.45, 2.75) is 51.2 Å². The van der Waals surface area contributed by atoms with Gasteiger partial charge in [-0.2, -0.15) is 5.10 Å². The number of amides is 1. The molecule has 0 spiro atoms. The van der Waals surface area contributed by atoms with E-state index in [1.54, 1.807) is 10.9 Å². The zero-order chi connectivity index (χ0) is 13.1. The van der Waals surface area contributed by atoms with E-state index in [0.29, 0.717) is 5.56 Å². The molecule has 1 heterocycles. The van der Waals surface area contributed by atoms with Gasteiger partial charge in [-0.3, -0.25) is 9.48 Å². The standard InChI is InChI=1S/C13H21N3O2/c1-3-10-9(8-16(2)15-10)13(18)14-11-6-4-5-7-12(11)17/h8,11-12,17H,3-7H2,1-2H3,(H,14,18)/t11-,12-/m0/s1. The maximum atomic E-state index is 12.2. The van der Waals surface area contributed by atoms with Gasteiger partial charge in [0.15, 0.2) is 0 Å². The number of nitrogens with one attached hydrogen (secondary N) is 1. The summed E-state index contributed by atoms with van der Waals surface area (Å²) in [5.41, 5.74) is 1.43. The lowest BCUT2D eigenvalue weighted by Gasteiger charge is -2.28. The molecule has 1 aromatic heterocycles. The Bertz CT molecular complexity index is 428. The van der Waals surface area contributed by atoms with Gasteiger partial charge in [-0.15, -0.1) is 0 Å². The average Bonchev–Trinajstić information content (AvgIpc) is 2.73. The van der Waals surface area contributed by atoms with Crippen molar-refractivity contribution in [1.29, 1.82) is 0 Å². The number of hydrogen-bond acceptors (Lipinski definition) is 3. The Kier molecular flexibility index (Phi) is 4.01. The Morgan fingerprint density at radius 1 is 1.56 bits per heavy atom. The molecule has 0 radical (unpaired) electrons. The minimum atomic E-state index is -0.413. The number of aliphatic hydroxyl groups excluding tert-OH is 1. The number of aryl methyl sites for hydroxylation is 2. The first kappa shape index (κ1) is 13.1. The van der Waals surface area contributed by atoms with E-state index in [1.165, 1.54) is 0 Å². The predicted octanol–water partition coefficient (Wildman–Crippen LogP) is 1.02. The maximum absolute atomic E-state index is 12.2. The van der Waals surface area contributed by atoms with Crippen LogP contribution in [0.25, 0.3) is 0 Å². The van der Waals surface area contributed by atoms with Gasteiger partial charge in [0.1, 0.15) is 0 Å². The minimum Gasteiger partial charge on any atom is -0.391 e. The first-order valence-electron chi connectivity index (χ1n) is 6.63. The molecule has 2 N–H and O–H groups in total. The van der Waals surface area contributed by atoms with Gasteiger partial charge in [0.2, 0.25) is 0 Å². The molecular weight excluding hydrogens is 230 g/mol. The molecule has 1 fully saturated rings. The third-order valence-corrected chi connectivity index (χ3v) is 3.53. The van der Waals surface area contributed by atoms with E-state index in [4.69, 9.17) is 0 Å². The average molecular weight is 251 g/mol. The van der Waals surface area contributed by atoms with Gasteiger partial charge in [-0.1, -0.05) is 19.8 Å². The van der Waals surface area contributed by atoms with Gasteiger partial charge >= 0.3 is 0 Å². The van der Waals surface area contributed by atoms with Crippen LogP contribution >= 0.6 is 0 Å². The molecule has 2 atom stereocenters. The van der Waals surface area contributed by atoms with Crippen molar-refractivity contribution in [2.75, 3.05) is 0 Å². The number of carbonyl (C=O) groups excluding carboxylic acids is 1. The summed E-state index contributed by atoms with van der Waals surface area (Å²) in [5.74, 6) is -0.120. The van der Waals surface area contributed by atoms with Crippen molar-refractivity contribution in [3.05, 3.63) is 17.5 Å². The zero-order valence-electron chi connectivity index (χ0n) is 11.0. The Balaban J connectivity index is 2.06. The summed E-state index contributed by atoms with van der Waals surface area (Å²) in [7, 11) is 1.81. The van der Waals surface area contributed by atoms with Crippen molar-refractivity contribution in [3.63, 3.8) is 0 Å². The molecule has 5 nitrogen and oxygen atoms in total. The van der Waals surface area contributed by atoms with Crippen molar-refractivity contribution < 1.29 is 9.90 Å². The molecule has 18 heavy (non-hydrogen) atoms. The summed E-state index contributed by atoms with van der Waals surface area (Å²) in [5, 5.41) is 17.0. The second-order valence-electron chi connectivity index (χ2n) is 4.95. The van der Waals surface area contributed by atoms with Crippen molar-refractivity contribution in [3.8, 4) is 0 Å². The van der Waals surface area contributed by atoms with E-state index in [0.717, 1.165) is 37.8 Å². The van der Waals surface area contributed by atoms with Crippen LogP contribution < -0.4 is 5.32 Å². The Morgan fingerprint density at radius 2 is 2.28 bits per heavy atom. The summed E-state index contributed by atoms with van der Waals surface area (Å²) in [6.45, 7) is 1.98. The van der Waals surface area contributed by atoms with Crippen molar-refractivity contribution >= 4 is 5.91 Å². The molecule has 2 rings (SSSR count). The first-order valence-corrected chi connectivity index (χ1v) is 6.63. The second kappa shape index (κ2) is 5.52. The van der Waals surface area contributed by atoms with E-state index in [9.17, 15) is 9.90 Å². The van der Waals surface area contributed by atoms with Crippen molar-refractivity contribution in [2.24, 2.45) is 7.05 Å². The van der Waals surface area contributed by atoms with E-state index in [2.05, 4.69) is 10.4 Å². The molecule has 1 aliphatic rings. The summed E-state index contributed by atoms with van der Waals surface area (Å²) in [4.78, 5) is 12.2. The molecule has 0 unspecified atom stereocenters. The molecule has 0 aliphatic heterocycles. The highest BCUT2D eigenvalue weighted by Gasteiger charge is 2.26. The first-order chi connectivity index (χ1) is 8.61. The van der Waals surface area contributed by atoms with Crippen molar-refractivity contribution in [1.82, 2.24) is 15.1 Å². The molecule has 1 saturated carbocycles. The van der Waals surface area contributed by atoms with Crippen LogP contribution in [-0.2, 0) is 13.5 Å². The fourth-order valence-electron chi connectivity index (χ4n) is 2.51. The van der Waals surface area contributed by atoms with Gasteiger partial charge < -0.3 is 10.4 Å². The highest BCUT2D eigenvalue weighted by molar-refractivity contribution is 5.95. The third-order valence-electron chi connectivity index (χ3n) is 3.53. The van der Waals surface area contributed by atoms with Gasteiger partial charge in [-0.25, -0.2) is 0 Å². The van der Waals surface area contributed by atoms with Gasteiger partial charge in [0.25, 0.3) is 5.91 Å². The highest BCUT2D eigenvalue weighted by atomic mass is 16.3. The highest BCUT2D eigenvalue weighted by Crippen LogP contribution is 2.19. The van der Waals surface area contributed by atoms with Gasteiger partial charge in [0.05, 0.1) is 23.4 Å². The topological polar surface area (TPSA) is 67.2 Å². The molecule has 5 heteroatoms. The van der Waals surface area contributed by atoms with Crippen LogP contribution in [0.4, 0.5) is 0 Å². The van der Waals surface area contributed by atoms with E-state index in [1.807, 2.05) is 14.0 Å². The third kappa shape index (κ3) is 2.72. The number of carbonyl (C=O) groups is 1. The molecule has 0 aromatic carbocycles. The molecule has 1 amide bonds. The number of nitrogens with zero attached hydrogens (tertiary/aromatic N) is 2. The van der Waals surface area contributed by atoms with E-state index in [-0.39, 0.29) is 11.9 Å². The Labute approximate surface area is 107 Å². The molecule has 1 aliphatic carbocycles. The summed E-state index contributed by atoms with van der Waals surface area (Å²) < 4.78 is 1.66. The Morgan fingerprint density at radius 3 is 2.94 bits per heavy atom. The van der Waals surface area contributed by atoms with Crippen LogP contribution in [0.1, 0.15) is 48.7 Å². The molecular formula is C13H21N3O2. The lowest BCUT2D eigenvalue weighted by molar-refractivity contribution is 0.0716. The SMILES string of the molecule is CCc1nn(C)cc1C(=O)N[C@H]1CCCC[C@@H]1O. The van der Waals surface area contributed by atoms with Gasteiger partial charge in [-0.05, 0) is 19.3 Å². The molecule has 0 saturated heterocycles.